The van der Waals surface area contributed by atoms with Gasteiger partial charge < -0.3 is 0 Å². The monoisotopic (exact) mass is 336 g/mol. The number of halogens is 1. The molecule has 0 saturated heterocycles. The van der Waals surface area contributed by atoms with Crippen molar-refractivity contribution in [2.24, 2.45) is 29.6 Å². The number of alkyl halides is 1. The third-order valence-electron chi connectivity index (χ3n) is 7.96. The van der Waals surface area contributed by atoms with Gasteiger partial charge in [-0.3, -0.25) is 0 Å². The molecular weight excluding hydrogens is 295 g/mol. The standard InChI is InChI=1S/C23H41F/c1-2-3-4-5-18-6-8-19(9-7-18)20-10-12-21(13-11-20)22-14-16-23(24)17-15-22/h18-23H,2-17H2,1H3. The van der Waals surface area contributed by atoms with Crippen molar-refractivity contribution < 1.29 is 4.39 Å². The summed E-state index contributed by atoms with van der Waals surface area (Å²) in [5, 5.41) is 0. The fourth-order valence-corrected chi connectivity index (χ4v) is 6.27. The topological polar surface area (TPSA) is 0 Å². The van der Waals surface area contributed by atoms with Gasteiger partial charge in [-0.15, -0.1) is 0 Å². The van der Waals surface area contributed by atoms with Crippen LogP contribution in [0, 0.1) is 29.6 Å². The van der Waals surface area contributed by atoms with Crippen LogP contribution in [0.4, 0.5) is 4.39 Å². The normalized spacial score (nSPS) is 41.2. The van der Waals surface area contributed by atoms with Crippen molar-refractivity contribution >= 4 is 0 Å². The Morgan fingerprint density at radius 2 is 1.00 bits per heavy atom. The minimum absolute atomic E-state index is 0.481. The van der Waals surface area contributed by atoms with E-state index >= 15 is 0 Å². The zero-order valence-electron chi connectivity index (χ0n) is 16.2. The lowest BCUT2D eigenvalue weighted by molar-refractivity contribution is 0.0964. The molecule has 0 aliphatic heterocycles. The van der Waals surface area contributed by atoms with Crippen LogP contribution in [0.5, 0.6) is 0 Å². The highest BCUT2D eigenvalue weighted by Gasteiger charge is 2.34. The maximum absolute atomic E-state index is 13.4. The summed E-state index contributed by atoms with van der Waals surface area (Å²) in [7, 11) is 0. The van der Waals surface area contributed by atoms with E-state index in [1.54, 1.807) is 0 Å². The molecule has 0 nitrogen and oxygen atoms in total. The van der Waals surface area contributed by atoms with Crippen molar-refractivity contribution in [2.75, 3.05) is 0 Å². The van der Waals surface area contributed by atoms with Crippen molar-refractivity contribution in [1.29, 1.82) is 0 Å². The largest absolute Gasteiger partial charge is 0.247 e. The second-order valence-electron chi connectivity index (χ2n) is 9.46. The lowest BCUT2D eigenvalue weighted by Gasteiger charge is -2.41. The van der Waals surface area contributed by atoms with Gasteiger partial charge in [0.05, 0.1) is 0 Å². The first-order chi connectivity index (χ1) is 11.8. The van der Waals surface area contributed by atoms with Gasteiger partial charge in [-0.25, -0.2) is 4.39 Å². The summed E-state index contributed by atoms with van der Waals surface area (Å²) in [4.78, 5) is 0. The van der Waals surface area contributed by atoms with Gasteiger partial charge in [0, 0.05) is 0 Å². The summed E-state index contributed by atoms with van der Waals surface area (Å²) >= 11 is 0. The second-order valence-corrected chi connectivity index (χ2v) is 9.46. The van der Waals surface area contributed by atoms with Crippen LogP contribution < -0.4 is 0 Å². The number of rotatable bonds is 6. The van der Waals surface area contributed by atoms with Gasteiger partial charge in [-0.05, 0) is 93.8 Å². The molecule has 0 atom stereocenters. The number of hydrogen-bond donors (Lipinski definition) is 0. The molecule has 0 heterocycles. The first kappa shape index (κ1) is 18.7. The third-order valence-corrected chi connectivity index (χ3v) is 7.96. The third kappa shape index (κ3) is 5.21. The van der Waals surface area contributed by atoms with Crippen LogP contribution in [0.25, 0.3) is 0 Å². The molecule has 0 N–H and O–H groups in total. The van der Waals surface area contributed by atoms with Crippen molar-refractivity contribution in [1.82, 2.24) is 0 Å². The van der Waals surface area contributed by atoms with Crippen molar-refractivity contribution in [3.63, 3.8) is 0 Å². The van der Waals surface area contributed by atoms with Crippen LogP contribution in [-0.2, 0) is 0 Å². The molecule has 0 aromatic rings. The molecule has 0 aromatic carbocycles. The Morgan fingerprint density at radius 3 is 1.46 bits per heavy atom. The molecule has 3 aliphatic carbocycles. The molecule has 0 unspecified atom stereocenters. The van der Waals surface area contributed by atoms with E-state index in [4.69, 9.17) is 0 Å². The SMILES string of the molecule is CCCCCC1CCC(C2CCC(C3CCC(F)CC3)CC2)CC1. The molecule has 24 heavy (non-hydrogen) atoms. The Bertz CT molecular complexity index is 328. The van der Waals surface area contributed by atoms with Gasteiger partial charge >= 0.3 is 0 Å². The zero-order valence-corrected chi connectivity index (χ0v) is 16.2. The average molecular weight is 337 g/mol. The van der Waals surface area contributed by atoms with Gasteiger partial charge in [0.2, 0.25) is 0 Å². The summed E-state index contributed by atoms with van der Waals surface area (Å²) in [6.45, 7) is 2.32. The van der Waals surface area contributed by atoms with E-state index in [9.17, 15) is 4.39 Å². The van der Waals surface area contributed by atoms with E-state index < -0.39 is 6.17 Å². The molecule has 140 valence electrons. The Labute approximate surface area is 150 Å². The summed E-state index contributed by atoms with van der Waals surface area (Å²) < 4.78 is 13.4. The van der Waals surface area contributed by atoms with Crippen molar-refractivity contribution in [2.45, 2.75) is 116 Å². The molecule has 1 heteroatoms. The molecule has 0 amide bonds. The number of hydrogen-bond acceptors (Lipinski definition) is 0. The number of unbranched alkanes of at least 4 members (excludes halogenated alkanes) is 2. The highest BCUT2D eigenvalue weighted by molar-refractivity contribution is 4.85. The van der Waals surface area contributed by atoms with Crippen LogP contribution in [0.2, 0.25) is 0 Å². The maximum atomic E-state index is 13.4. The zero-order chi connectivity index (χ0) is 16.8. The van der Waals surface area contributed by atoms with E-state index in [0.717, 1.165) is 42.4 Å². The second kappa shape index (κ2) is 9.58. The van der Waals surface area contributed by atoms with Gasteiger partial charge in [0.1, 0.15) is 6.17 Å². The van der Waals surface area contributed by atoms with Gasteiger partial charge in [0.25, 0.3) is 0 Å². The first-order valence-electron chi connectivity index (χ1n) is 11.4. The van der Waals surface area contributed by atoms with Crippen LogP contribution in [0.15, 0.2) is 0 Å². The van der Waals surface area contributed by atoms with Gasteiger partial charge in [-0.1, -0.05) is 45.4 Å². The predicted molar refractivity (Wildman–Crippen MR) is 102 cm³/mol. The van der Waals surface area contributed by atoms with Crippen LogP contribution in [0.3, 0.4) is 0 Å². The summed E-state index contributed by atoms with van der Waals surface area (Å²) in [6.07, 6.45) is 21.4. The fourth-order valence-electron chi connectivity index (χ4n) is 6.27. The molecule has 3 aliphatic rings. The Kier molecular flexibility index (Phi) is 7.47. The minimum Gasteiger partial charge on any atom is -0.247 e. The lowest BCUT2D eigenvalue weighted by Crippen LogP contribution is -2.30. The van der Waals surface area contributed by atoms with Crippen molar-refractivity contribution in [3.05, 3.63) is 0 Å². The summed E-state index contributed by atoms with van der Waals surface area (Å²) in [6, 6.07) is 0. The Morgan fingerprint density at radius 1 is 0.583 bits per heavy atom. The average Bonchev–Trinajstić information content (AvgIpc) is 2.63. The molecular formula is C23H41F. The first-order valence-corrected chi connectivity index (χ1v) is 11.4. The van der Waals surface area contributed by atoms with E-state index in [2.05, 4.69) is 6.92 Å². The summed E-state index contributed by atoms with van der Waals surface area (Å²) in [5.41, 5.74) is 0. The Balaban J connectivity index is 1.34. The predicted octanol–water partition coefficient (Wildman–Crippen LogP) is 7.71. The van der Waals surface area contributed by atoms with Crippen LogP contribution in [0.1, 0.15) is 110 Å². The minimum atomic E-state index is -0.481. The smallest absolute Gasteiger partial charge is 0.100 e. The maximum Gasteiger partial charge on any atom is 0.100 e. The van der Waals surface area contributed by atoms with E-state index in [0.29, 0.717) is 0 Å². The molecule has 0 radical (unpaired) electrons. The quantitative estimate of drug-likeness (QED) is 0.436. The molecule has 0 aromatic heterocycles. The molecule has 3 fully saturated rings. The highest BCUT2D eigenvalue weighted by atomic mass is 19.1. The Hall–Kier alpha value is -0.0700. The molecule has 0 spiro atoms. The molecule has 3 saturated carbocycles. The van der Waals surface area contributed by atoms with E-state index in [-0.39, 0.29) is 0 Å². The van der Waals surface area contributed by atoms with Gasteiger partial charge in [0.15, 0.2) is 0 Å². The van der Waals surface area contributed by atoms with Crippen LogP contribution >= 0.6 is 0 Å². The molecule has 0 bridgehead atoms. The fraction of sp³-hybridized carbons (Fsp3) is 1.00. The highest BCUT2D eigenvalue weighted by Crippen LogP contribution is 2.45. The van der Waals surface area contributed by atoms with Gasteiger partial charge in [-0.2, -0.15) is 0 Å². The summed E-state index contributed by atoms with van der Waals surface area (Å²) in [5.74, 6) is 4.96. The van der Waals surface area contributed by atoms with E-state index in [1.165, 1.54) is 89.9 Å². The molecule has 3 rings (SSSR count). The lowest BCUT2D eigenvalue weighted by atomic mass is 9.65. The van der Waals surface area contributed by atoms with E-state index in [1.807, 2.05) is 0 Å². The van der Waals surface area contributed by atoms with Crippen LogP contribution in [-0.4, -0.2) is 6.17 Å². The van der Waals surface area contributed by atoms with Crippen molar-refractivity contribution in [3.8, 4) is 0 Å².